The topological polar surface area (TPSA) is 59.3 Å². The largest absolute Gasteiger partial charge is 0.497 e. The van der Waals surface area contributed by atoms with Gasteiger partial charge in [0.25, 0.3) is 0 Å². The molecule has 0 amide bonds. The molecule has 7 nitrogen and oxygen atoms in total. The van der Waals surface area contributed by atoms with Crippen molar-refractivity contribution in [3.63, 3.8) is 0 Å². The highest BCUT2D eigenvalue weighted by molar-refractivity contribution is 5.29. The molecule has 0 unspecified atom stereocenters. The Balaban J connectivity index is 1.39. The normalized spacial score (nSPS) is 19.1. The summed E-state index contributed by atoms with van der Waals surface area (Å²) in [5.41, 5.74) is 2.10. The fraction of sp³-hybridized carbons (Fsp3) is 0.480. The Labute approximate surface area is 194 Å². The molecule has 0 radical (unpaired) electrons. The molecule has 5 rings (SSSR count). The van der Waals surface area contributed by atoms with Gasteiger partial charge in [-0.3, -0.25) is 9.80 Å². The molecule has 8 heteroatoms. The Morgan fingerprint density at radius 1 is 0.970 bits per heavy atom. The Kier molecular flexibility index (Phi) is 6.64. The van der Waals surface area contributed by atoms with Crippen LogP contribution in [0.15, 0.2) is 48.5 Å². The van der Waals surface area contributed by atoms with E-state index < -0.39 is 0 Å². The Morgan fingerprint density at radius 3 is 2.33 bits per heavy atom. The lowest BCUT2D eigenvalue weighted by molar-refractivity contribution is 0.0771. The van der Waals surface area contributed by atoms with Crippen LogP contribution in [-0.2, 0) is 6.54 Å². The van der Waals surface area contributed by atoms with Crippen LogP contribution < -0.4 is 4.74 Å². The third kappa shape index (κ3) is 4.91. The summed E-state index contributed by atoms with van der Waals surface area (Å²) in [5, 5.41) is 12.8. The van der Waals surface area contributed by atoms with E-state index in [0.29, 0.717) is 6.54 Å². The van der Waals surface area contributed by atoms with Crippen molar-refractivity contribution in [3.8, 4) is 5.75 Å². The molecule has 1 atom stereocenters. The standard InChI is InChI=1S/C25H31FN6O/c1-33-23-12-6-19(7-13-23)18-32-25(27-28-29-32)24(20-8-10-21(26)11-9-20)31-16-14-30(15-17-31)22-4-2-3-5-22/h6-13,22,24H,2-5,14-18H2,1H3/t24-/m1/s1. The molecule has 0 bridgehead atoms. The number of halogens is 1. The number of piperazine rings is 1. The Morgan fingerprint density at radius 2 is 1.67 bits per heavy atom. The van der Waals surface area contributed by atoms with Crippen LogP contribution in [0.25, 0.3) is 0 Å². The van der Waals surface area contributed by atoms with E-state index in [1.165, 1.54) is 37.8 Å². The molecular weight excluding hydrogens is 419 g/mol. The summed E-state index contributed by atoms with van der Waals surface area (Å²) in [6.45, 7) is 4.53. The predicted octanol–water partition coefficient (Wildman–Crippen LogP) is 3.52. The molecule has 1 aliphatic carbocycles. The number of benzene rings is 2. The molecule has 2 aromatic carbocycles. The van der Waals surface area contributed by atoms with E-state index in [1.54, 1.807) is 7.11 Å². The van der Waals surface area contributed by atoms with Crippen LogP contribution in [0.1, 0.15) is 48.7 Å². The smallest absolute Gasteiger partial charge is 0.173 e. The lowest BCUT2D eigenvalue weighted by atomic mass is 10.0. The highest BCUT2D eigenvalue weighted by Gasteiger charge is 2.33. The first-order valence-corrected chi connectivity index (χ1v) is 11.8. The summed E-state index contributed by atoms with van der Waals surface area (Å²) in [4.78, 5) is 5.08. The van der Waals surface area contributed by atoms with Gasteiger partial charge < -0.3 is 4.74 Å². The average Bonchev–Trinajstić information content (AvgIpc) is 3.55. The summed E-state index contributed by atoms with van der Waals surface area (Å²) >= 11 is 0. The minimum absolute atomic E-state index is 0.121. The molecular formula is C25H31FN6O. The van der Waals surface area contributed by atoms with E-state index in [-0.39, 0.29) is 11.9 Å². The average molecular weight is 451 g/mol. The number of hydrogen-bond acceptors (Lipinski definition) is 6. The van der Waals surface area contributed by atoms with Gasteiger partial charge in [0.1, 0.15) is 11.6 Å². The molecule has 1 aromatic heterocycles. The fourth-order valence-corrected chi connectivity index (χ4v) is 5.22. The van der Waals surface area contributed by atoms with E-state index in [9.17, 15) is 4.39 Å². The van der Waals surface area contributed by atoms with Gasteiger partial charge in [-0.2, -0.15) is 0 Å². The number of rotatable bonds is 7. The summed E-state index contributed by atoms with van der Waals surface area (Å²) in [6.07, 6.45) is 5.34. The van der Waals surface area contributed by atoms with E-state index in [1.807, 2.05) is 41.1 Å². The maximum atomic E-state index is 13.7. The number of hydrogen-bond donors (Lipinski definition) is 0. The van der Waals surface area contributed by atoms with Crippen molar-refractivity contribution >= 4 is 0 Å². The molecule has 2 fully saturated rings. The maximum absolute atomic E-state index is 13.7. The summed E-state index contributed by atoms with van der Waals surface area (Å²) < 4.78 is 20.8. The minimum Gasteiger partial charge on any atom is -0.497 e. The van der Waals surface area contributed by atoms with E-state index in [4.69, 9.17) is 4.74 Å². The second-order valence-electron chi connectivity index (χ2n) is 9.01. The Hall–Kier alpha value is -2.84. The van der Waals surface area contributed by atoms with Gasteiger partial charge >= 0.3 is 0 Å². The third-order valence-corrected chi connectivity index (χ3v) is 7.04. The zero-order chi connectivity index (χ0) is 22.6. The van der Waals surface area contributed by atoms with Gasteiger partial charge in [0.15, 0.2) is 5.82 Å². The van der Waals surface area contributed by atoms with Gasteiger partial charge in [-0.05, 0) is 58.7 Å². The lowest BCUT2D eigenvalue weighted by Gasteiger charge is -2.41. The molecule has 1 saturated heterocycles. The number of methoxy groups -OCH3 is 1. The number of nitrogens with zero attached hydrogens (tertiary/aromatic N) is 6. The summed E-state index contributed by atoms with van der Waals surface area (Å²) in [5.74, 6) is 1.37. The van der Waals surface area contributed by atoms with E-state index >= 15 is 0 Å². The first kappa shape index (κ1) is 22.0. The highest BCUT2D eigenvalue weighted by Crippen LogP contribution is 2.31. The van der Waals surface area contributed by atoms with Gasteiger partial charge in [0, 0.05) is 32.2 Å². The van der Waals surface area contributed by atoms with Crippen molar-refractivity contribution in [3.05, 3.63) is 71.3 Å². The van der Waals surface area contributed by atoms with E-state index in [0.717, 1.165) is 54.9 Å². The van der Waals surface area contributed by atoms with Crippen LogP contribution >= 0.6 is 0 Å². The number of tetrazole rings is 1. The van der Waals surface area contributed by atoms with Gasteiger partial charge in [0.2, 0.25) is 0 Å². The van der Waals surface area contributed by atoms with Crippen LogP contribution in [0.5, 0.6) is 5.75 Å². The molecule has 2 heterocycles. The number of ether oxygens (including phenoxy) is 1. The van der Waals surface area contributed by atoms with Crippen LogP contribution in [0.4, 0.5) is 4.39 Å². The first-order chi connectivity index (χ1) is 16.2. The quantitative estimate of drug-likeness (QED) is 0.549. The zero-order valence-electron chi connectivity index (χ0n) is 19.1. The van der Waals surface area contributed by atoms with Crippen LogP contribution in [0.2, 0.25) is 0 Å². The van der Waals surface area contributed by atoms with Crippen molar-refractivity contribution in [1.29, 1.82) is 0 Å². The predicted molar refractivity (Wildman–Crippen MR) is 124 cm³/mol. The van der Waals surface area contributed by atoms with Crippen molar-refractivity contribution in [2.75, 3.05) is 33.3 Å². The van der Waals surface area contributed by atoms with Gasteiger partial charge in [0.05, 0.1) is 19.7 Å². The second-order valence-corrected chi connectivity index (χ2v) is 9.01. The molecule has 0 spiro atoms. The minimum atomic E-state index is -0.235. The molecule has 2 aliphatic rings. The monoisotopic (exact) mass is 450 g/mol. The highest BCUT2D eigenvalue weighted by atomic mass is 19.1. The molecule has 3 aromatic rings. The lowest BCUT2D eigenvalue weighted by Crippen LogP contribution is -2.51. The molecule has 174 valence electrons. The fourth-order valence-electron chi connectivity index (χ4n) is 5.22. The van der Waals surface area contributed by atoms with Crippen molar-refractivity contribution in [2.45, 2.75) is 44.3 Å². The number of aromatic nitrogens is 4. The van der Waals surface area contributed by atoms with Crippen LogP contribution in [-0.4, -0.2) is 69.3 Å². The van der Waals surface area contributed by atoms with Crippen molar-refractivity contribution in [2.24, 2.45) is 0 Å². The first-order valence-electron chi connectivity index (χ1n) is 11.8. The van der Waals surface area contributed by atoms with Crippen LogP contribution in [0.3, 0.4) is 0 Å². The van der Waals surface area contributed by atoms with Crippen molar-refractivity contribution < 1.29 is 9.13 Å². The zero-order valence-corrected chi connectivity index (χ0v) is 19.1. The van der Waals surface area contributed by atoms with Crippen LogP contribution in [0, 0.1) is 5.82 Å². The SMILES string of the molecule is COc1ccc(Cn2nnnc2[C@@H](c2ccc(F)cc2)N2CCN(C3CCCC3)CC2)cc1. The summed E-state index contributed by atoms with van der Waals surface area (Å²) in [7, 11) is 1.66. The summed E-state index contributed by atoms with van der Waals surface area (Å²) in [6, 6.07) is 15.3. The van der Waals surface area contributed by atoms with Gasteiger partial charge in [-0.15, -0.1) is 5.10 Å². The Bertz CT molecular complexity index is 1020. The molecule has 1 aliphatic heterocycles. The van der Waals surface area contributed by atoms with Gasteiger partial charge in [-0.1, -0.05) is 37.1 Å². The van der Waals surface area contributed by atoms with Gasteiger partial charge in [-0.25, -0.2) is 9.07 Å². The molecule has 0 N–H and O–H groups in total. The van der Waals surface area contributed by atoms with E-state index in [2.05, 4.69) is 25.3 Å². The third-order valence-electron chi connectivity index (χ3n) is 7.04. The maximum Gasteiger partial charge on any atom is 0.173 e. The molecule has 33 heavy (non-hydrogen) atoms. The second kappa shape index (κ2) is 9.97. The molecule has 1 saturated carbocycles. The van der Waals surface area contributed by atoms with Crippen molar-refractivity contribution in [1.82, 2.24) is 30.0 Å².